The summed E-state index contributed by atoms with van der Waals surface area (Å²) in [6, 6.07) is -0.568. The van der Waals surface area contributed by atoms with E-state index in [1.165, 1.54) is 12.0 Å². The van der Waals surface area contributed by atoms with Crippen LogP contribution in [0.4, 0.5) is 0 Å². The average molecular weight is 242 g/mol. The van der Waals surface area contributed by atoms with Gasteiger partial charge in [0.15, 0.2) is 0 Å². The molecule has 1 aliphatic heterocycles. The summed E-state index contributed by atoms with van der Waals surface area (Å²) in [6.07, 6.45) is 1.10. The van der Waals surface area contributed by atoms with Crippen LogP contribution in [0.2, 0.25) is 0 Å². The molecule has 0 aliphatic carbocycles. The molecule has 2 N–H and O–H groups in total. The summed E-state index contributed by atoms with van der Waals surface area (Å²) in [5.74, 6) is -1.48. The van der Waals surface area contributed by atoms with Crippen molar-refractivity contribution in [2.45, 2.75) is 32.2 Å². The molecule has 17 heavy (non-hydrogen) atoms. The number of primary amides is 1. The van der Waals surface area contributed by atoms with E-state index in [4.69, 9.17) is 5.73 Å². The molecule has 6 heteroatoms. The van der Waals surface area contributed by atoms with Gasteiger partial charge >= 0.3 is 5.97 Å². The third-order valence-corrected chi connectivity index (χ3v) is 3.09. The van der Waals surface area contributed by atoms with Gasteiger partial charge in [-0.05, 0) is 12.8 Å². The summed E-state index contributed by atoms with van der Waals surface area (Å²) in [5.41, 5.74) is 5.24. The van der Waals surface area contributed by atoms with E-state index in [2.05, 4.69) is 4.74 Å². The number of esters is 1. The lowest BCUT2D eigenvalue weighted by atomic mass is 9.94. The van der Waals surface area contributed by atoms with Gasteiger partial charge in [0.2, 0.25) is 11.8 Å². The molecule has 6 nitrogen and oxygen atoms in total. The third kappa shape index (κ3) is 2.95. The summed E-state index contributed by atoms with van der Waals surface area (Å²) in [4.78, 5) is 35.8. The third-order valence-electron chi connectivity index (χ3n) is 3.09. The van der Waals surface area contributed by atoms with Crippen LogP contribution >= 0.6 is 0 Å². The number of ether oxygens (including phenoxy) is 1. The SMILES string of the molecule is CCC(C(N)=O)N1CCC(C(=O)OC)CC1=O. The molecule has 2 unspecified atom stereocenters. The number of nitrogens with zero attached hydrogens (tertiary/aromatic N) is 1. The Morgan fingerprint density at radius 3 is 2.65 bits per heavy atom. The Bertz CT molecular complexity index is 329. The van der Waals surface area contributed by atoms with Gasteiger partial charge in [0, 0.05) is 13.0 Å². The van der Waals surface area contributed by atoms with Crippen LogP contribution < -0.4 is 5.73 Å². The Labute approximate surface area is 100 Å². The zero-order chi connectivity index (χ0) is 13.0. The van der Waals surface area contributed by atoms with Gasteiger partial charge in [-0.2, -0.15) is 0 Å². The Morgan fingerprint density at radius 1 is 1.59 bits per heavy atom. The molecular weight excluding hydrogens is 224 g/mol. The minimum Gasteiger partial charge on any atom is -0.469 e. The van der Waals surface area contributed by atoms with E-state index in [-0.39, 0.29) is 18.3 Å². The van der Waals surface area contributed by atoms with E-state index >= 15 is 0 Å². The number of methoxy groups -OCH3 is 1. The van der Waals surface area contributed by atoms with Crippen LogP contribution in [0.3, 0.4) is 0 Å². The maximum absolute atomic E-state index is 11.8. The Balaban J connectivity index is 2.68. The number of carbonyl (C=O) groups excluding carboxylic acids is 3. The first-order valence-corrected chi connectivity index (χ1v) is 5.67. The van der Waals surface area contributed by atoms with E-state index in [1.54, 1.807) is 6.92 Å². The highest BCUT2D eigenvalue weighted by atomic mass is 16.5. The second-order valence-electron chi connectivity index (χ2n) is 4.13. The molecule has 1 rings (SSSR count). The average Bonchev–Trinajstić information content (AvgIpc) is 2.30. The lowest BCUT2D eigenvalue weighted by Gasteiger charge is -2.34. The second kappa shape index (κ2) is 5.65. The van der Waals surface area contributed by atoms with E-state index < -0.39 is 17.9 Å². The molecule has 1 fully saturated rings. The van der Waals surface area contributed by atoms with Crippen molar-refractivity contribution in [1.29, 1.82) is 0 Å². The lowest BCUT2D eigenvalue weighted by molar-refractivity contribution is -0.154. The summed E-state index contributed by atoms with van der Waals surface area (Å²) in [7, 11) is 1.30. The number of likely N-dealkylation sites (tertiary alicyclic amines) is 1. The predicted molar refractivity (Wildman–Crippen MR) is 59.7 cm³/mol. The Hall–Kier alpha value is -1.59. The van der Waals surface area contributed by atoms with Crippen molar-refractivity contribution in [2.75, 3.05) is 13.7 Å². The van der Waals surface area contributed by atoms with Crippen LogP contribution in [0, 0.1) is 5.92 Å². The molecule has 0 saturated carbocycles. The van der Waals surface area contributed by atoms with Crippen molar-refractivity contribution < 1.29 is 19.1 Å². The molecule has 0 aromatic carbocycles. The van der Waals surface area contributed by atoms with Gasteiger partial charge in [-0.15, -0.1) is 0 Å². The van der Waals surface area contributed by atoms with Crippen LogP contribution in [0.15, 0.2) is 0 Å². The van der Waals surface area contributed by atoms with Crippen molar-refractivity contribution in [3.8, 4) is 0 Å². The number of piperidine rings is 1. The predicted octanol–water partition coefficient (Wildman–Crippen LogP) is -0.338. The van der Waals surface area contributed by atoms with Gasteiger partial charge in [-0.3, -0.25) is 14.4 Å². The van der Waals surface area contributed by atoms with Crippen molar-refractivity contribution >= 4 is 17.8 Å². The molecule has 0 aromatic heterocycles. The molecular formula is C11H18N2O4. The van der Waals surface area contributed by atoms with Crippen LogP contribution in [0.5, 0.6) is 0 Å². The molecule has 0 aromatic rings. The van der Waals surface area contributed by atoms with Crippen LogP contribution in [0.25, 0.3) is 0 Å². The largest absolute Gasteiger partial charge is 0.469 e. The molecule has 1 aliphatic rings. The number of carbonyl (C=O) groups is 3. The summed E-state index contributed by atoms with van der Waals surface area (Å²) in [6.45, 7) is 2.18. The normalized spacial score (nSPS) is 22.1. The summed E-state index contributed by atoms with van der Waals surface area (Å²) < 4.78 is 4.61. The number of amides is 2. The maximum Gasteiger partial charge on any atom is 0.309 e. The summed E-state index contributed by atoms with van der Waals surface area (Å²) >= 11 is 0. The van der Waals surface area contributed by atoms with Gasteiger partial charge in [-0.1, -0.05) is 6.92 Å². The highest BCUT2D eigenvalue weighted by Crippen LogP contribution is 2.22. The molecule has 2 amide bonds. The minimum atomic E-state index is -0.568. The summed E-state index contributed by atoms with van der Waals surface area (Å²) in [5, 5.41) is 0. The van der Waals surface area contributed by atoms with Gasteiger partial charge in [-0.25, -0.2) is 0 Å². The molecule has 1 heterocycles. The van der Waals surface area contributed by atoms with Gasteiger partial charge < -0.3 is 15.4 Å². The fourth-order valence-corrected chi connectivity index (χ4v) is 2.12. The quantitative estimate of drug-likeness (QED) is 0.683. The number of hydrogen-bond acceptors (Lipinski definition) is 4. The Morgan fingerprint density at radius 2 is 2.24 bits per heavy atom. The zero-order valence-electron chi connectivity index (χ0n) is 10.1. The first kappa shape index (κ1) is 13.5. The van der Waals surface area contributed by atoms with Crippen molar-refractivity contribution in [2.24, 2.45) is 11.7 Å². The zero-order valence-corrected chi connectivity index (χ0v) is 10.1. The topological polar surface area (TPSA) is 89.7 Å². The minimum absolute atomic E-state index is 0.0937. The fourth-order valence-electron chi connectivity index (χ4n) is 2.12. The molecule has 1 saturated heterocycles. The van der Waals surface area contributed by atoms with Crippen molar-refractivity contribution in [1.82, 2.24) is 4.90 Å². The lowest BCUT2D eigenvalue weighted by Crippen LogP contribution is -2.51. The molecule has 0 bridgehead atoms. The molecule has 0 radical (unpaired) electrons. The van der Waals surface area contributed by atoms with Gasteiger partial charge in [0.25, 0.3) is 0 Å². The second-order valence-corrected chi connectivity index (χ2v) is 4.13. The van der Waals surface area contributed by atoms with Gasteiger partial charge in [0.1, 0.15) is 6.04 Å². The maximum atomic E-state index is 11.8. The highest BCUT2D eigenvalue weighted by molar-refractivity contribution is 5.89. The van der Waals surface area contributed by atoms with Crippen molar-refractivity contribution in [3.63, 3.8) is 0 Å². The van der Waals surface area contributed by atoms with E-state index in [1.807, 2.05) is 0 Å². The number of rotatable bonds is 4. The fraction of sp³-hybridized carbons (Fsp3) is 0.727. The van der Waals surface area contributed by atoms with Crippen molar-refractivity contribution in [3.05, 3.63) is 0 Å². The van der Waals surface area contributed by atoms with Crippen LogP contribution in [0.1, 0.15) is 26.2 Å². The van der Waals surface area contributed by atoms with Crippen LogP contribution in [-0.4, -0.2) is 42.4 Å². The standard InChI is InChI=1S/C11H18N2O4/c1-3-8(10(12)15)13-5-4-7(6-9(13)14)11(16)17-2/h7-8H,3-6H2,1-2H3,(H2,12,15). The first-order valence-electron chi connectivity index (χ1n) is 5.67. The van der Waals surface area contributed by atoms with E-state index in [0.29, 0.717) is 19.4 Å². The molecule has 0 spiro atoms. The smallest absolute Gasteiger partial charge is 0.309 e. The molecule has 2 atom stereocenters. The van der Waals surface area contributed by atoms with E-state index in [9.17, 15) is 14.4 Å². The Kier molecular flexibility index (Phi) is 4.48. The molecule has 96 valence electrons. The monoisotopic (exact) mass is 242 g/mol. The first-order chi connectivity index (χ1) is 8.01. The number of nitrogens with two attached hydrogens (primary N) is 1. The van der Waals surface area contributed by atoms with E-state index in [0.717, 1.165) is 0 Å². The number of hydrogen-bond donors (Lipinski definition) is 1. The highest BCUT2D eigenvalue weighted by Gasteiger charge is 2.35. The van der Waals surface area contributed by atoms with Gasteiger partial charge in [0.05, 0.1) is 13.0 Å². The van der Waals surface area contributed by atoms with Crippen LogP contribution in [-0.2, 0) is 19.1 Å².